The molecule has 0 fully saturated rings. The maximum atomic E-state index is 5.62. The van der Waals surface area contributed by atoms with E-state index in [1.54, 1.807) is 6.20 Å². The molecule has 0 aliphatic carbocycles. The minimum atomic E-state index is 0.277. The van der Waals surface area contributed by atoms with Gasteiger partial charge in [0.2, 0.25) is 5.95 Å². The van der Waals surface area contributed by atoms with Crippen molar-refractivity contribution in [1.82, 2.24) is 25.0 Å². The largest absolute Gasteiger partial charge is 0.368 e. The van der Waals surface area contributed by atoms with E-state index < -0.39 is 0 Å². The van der Waals surface area contributed by atoms with Crippen molar-refractivity contribution in [2.45, 2.75) is 26.8 Å². The van der Waals surface area contributed by atoms with Gasteiger partial charge in [0, 0.05) is 12.2 Å². The first-order chi connectivity index (χ1) is 7.70. The zero-order chi connectivity index (χ0) is 11.5. The lowest BCUT2D eigenvalue weighted by Crippen LogP contribution is -2.04. The van der Waals surface area contributed by atoms with Crippen LogP contribution in [-0.2, 0) is 6.54 Å². The van der Waals surface area contributed by atoms with Crippen molar-refractivity contribution in [3.8, 4) is 11.4 Å². The summed E-state index contributed by atoms with van der Waals surface area (Å²) in [7, 11) is 0. The second-order valence-corrected chi connectivity index (χ2v) is 3.60. The average molecular weight is 218 g/mol. The Morgan fingerprint density at radius 1 is 1.38 bits per heavy atom. The molecule has 2 aromatic heterocycles. The number of aromatic nitrogens is 5. The molecule has 0 aromatic carbocycles. The Kier molecular flexibility index (Phi) is 2.80. The molecule has 6 heteroatoms. The van der Waals surface area contributed by atoms with Crippen LogP contribution >= 0.6 is 0 Å². The van der Waals surface area contributed by atoms with Crippen molar-refractivity contribution in [1.29, 1.82) is 0 Å². The number of nitrogens with zero attached hydrogens (tertiary/aromatic N) is 5. The zero-order valence-corrected chi connectivity index (χ0v) is 9.38. The van der Waals surface area contributed by atoms with Gasteiger partial charge in [0.25, 0.3) is 0 Å². The predicted octanol–water partition coefficient (Wildman–Crippen LogP) is 1.04. The standard InChI is InChI=1S/C10H14N6/c1-3-4-16-9(6-12-15-16)8-5-7(2)13-10(11)14-8/h5-6H,3-4H2,1-2H3,(H2,11,13,14). The van der Waals surface area contributed by atoms with Crippen molar-refractivity contribution >= 4 is 5.95 Å². The van der Waals surface area contributed by atoms with Gasteiger partial charge in [-0.05, 0) is 19.4 Å². The van der Waals surface area contributed by atoms with Gasteiger partial charge in [-0.25, -0.2) is 14.6 Å². The Hall–Kier alpha value is -1.98. The van der Waals surface area contributed by atoms with Crippen LogP contribution in [0, 0.1) is 6.92 Å². The molecule has 0 atom stereocenters. The number of hydrogen-bond acceptors (Lipinski definition) is 5. The molecular formula is C10H14N6. The zero-order valence-electron chi connectivity index (χ0n) is 9.38. The van der Waals surface area contributed by atoms with Crippen LogP contribution in [-0.4, -0.2) is 25.0 Å². The molecule has 2 heterocycles. The van der Waals surface area contributed by atoms with E-state index in [4.69, 9.17) is 5.73 Å². The summed E-state index contributed by atoms with van der Waals surface area (Å²) in [6.45, 7) is 4.79. The van der Waals surface area contributed by atoms with Gasteiger partial charge in [-0.3, -0.25) is 0 Å². The van der Waals surface area contributed by atoms with Crippen molar-refractivity contribution in [2.75, 3.05) is 5.73 Å². The third kappa shape index (κ3) is 2.00. The summed E-state index contributed by atoms with van der Waals surface area (Å²) in [5.74, 6) is 0.277. The Morgan fingerprint density at radius 2 is 2.19 bits per heavy atom. The van der Waals surface area contributed by atoms with Crippen molar-refractivity contribution < 1.29 is 0 Å². The summed E-state index contributed by atoms with van der Waals surface area (Å²) in [6, 6.07) is 1.88. The summed E-state index contributed by atoms with van der Waals surface area (Å²) in [5.41, 5.74) is 8.10. The van der Waals surface area contributed by atoms with Gasteiger partial charge in [0.1, 0.15) is 5.69 Å². The monoisotopic (exact) mass is 218 g/mol. The normalized spacial score (nSPS) is 10.6. The van der Waals surface area contributed by atoms with Crippen LogP contribution in [0.15, 0.2) is 12.3 Å². The smallest absolute Gasteiger partial charge is 0.220 e. The van der Waals surface area contributed by atoms with Gasteiger partial charge in [-0.15, -0.1) is 5.10 Å². The lowest BCUT2D eigenvalue weighted by Gasteiger charge is -2.05. The lowest BCUT2D eigenvalue weighted by molar-refractivity contribution is 0.583. The fourth-order valence-corrected chi connectivity index (χ4v) is 1.56. The summed E-state index contributed by atoms with van der Waals surface area (Å²) < 4.78 is 1.82. The van der Waals surface area contributed by atoms with Gasteiger partial charge in [-0.2, -0.15) is 0 Å². The highest BCUT2D eigenvalue weighted by Crippen LogP contribution is 2.17. The summed E-state index contributed by atoms with van der Waals surface area (Å²) in [5, 5.41) is 7.90. The van der Waals surface area contributed by atoms with E-state index in [1.807, 2.05) is 17.7 Å². The SMILES string of the molecule is CCCn1nncc1-c1cc(C)nc(N)n1. The third-order valence-electron chi connectivity index (χ3n) is 2.19. The van der Waals surface area contributed by atoms with Crippen LogP contribution in [0.3, 0.4) is 0 Å². The molecule has 2 aromatic rings. The third-order valence-corrected chi connectivity index (χ3v) is 2.19. The maximum absolute atomic E-state index is 5.62. The fourth-order valence-electron chi connectivity index (χ4n) is 1.56. The highest BCUT2D eigenvalue weighted by atomic mass is 15.4. The minimum absolute atomic E-state index is 0.277. The molecule has 0 radical (unpaired) electrons. The van der Waals surface area contributed by atoms with Crippen LogP contribution in [0.2, 0.25) is 0 Å². The topological polar surface area (TPSA) is 82.5 Å². The van der Waals surface area contributed by atoms with E-state index >= 15 is 0 Å². The van der Waals surface area contributed by atoms with Crippen LogP contribution in [0.5, 0.6) is 0 Å². The van der Waals surface area contributed by atoms with E-state index in [1.165, 1.54) is 0 Å². The average Bonchev–Trinajstić information content (AvgIpc) is 2.65. The second-order valence-electron chi connectivity index (χ2n) is 3.60. The number of nitrogen functional groups attached to an aromatic ring is 1. The Labute approximate surface area is 93.5 Å². The van der Waals surface area contributed by atoms with E-state index in [2.05, 4.69) is 27.2 Å². The molecule has 0 bridgehead atoms. The van der Waals surface area contributed by atoms with Crippen LogP contribution in [0.1, 0.15) is 19.0 Å². The number of aryl methyl sites for hydroxylation is 2. The molecule has 0 amide bonds. The molecular weight excluding hydrogens is 204 g/mol. The van der Waals surface area contributed by atoms with Crippen LogP contribution < -0.4 is 5.73 Å². The highest BCUT2D eigenvalue weighted by Gasteiger charge is 2.09. The van der Waals surface area contributed by atoms with Gasteiger partial charge in [0.15, 0.2) is 0 Å². The summed E-state index contributed by atoms with van der Waals surface area (Å²) in [6.07, 6.45) is 2.69. The van der Waals surface area contributed by atoms with Crippen LogP contribution in [0.4, 0.5) is 5.95 Å². The number of nitrogens with two attached hydrogens (primary N) is 1. The minimum Gasteiger partial charge on any atom is -0.368 e. The number of anilines is 1. The van der Waals surface area contributed by atoms with Gasteiger partial charge < -0.3 is 5.73 Å². The first-order valence-electron chi connectivity index (χ1n) is 5.20. The summed E-state index contributed by atoms with van der Waals surface area (Å²) in [4.78, 5) is 8.22. The molecule has 0 aliphatic heterocycles. The Morgan fingerprint density at radius 3 is 2.88 bits per heavy atom. The maximum Gasteiger partial charge on any atom is 0.220 e. The van der Waals surface area contributed by atoms with E-state index in [9.17, 15) is 0 Å². The molecule has 0 saturated heterocycles. The summed E-state index contributed by atoms with van der Waals surface area (Å²) >= 11 is 0. The second kappa shape index (κ2) is 4.26. The molecule has 0 unspecified atom stereocenters. The van der Waals surface area contributed by atoms with Gasteiger partial charge >= 0.3 is 0 Å². The van der Waals surface area contributed by atoms with Crippen molar-refractivity contribution in [3.05, 3.63) is 18.0 Å². The van der Waals surface area contributed by atoms with E-state index in [0.29, 0.717) is 0 Å². The quantitative estimate of drug-likeness (QED) is 0.832. The molecule has 2 N–H and O–H groups in total. The Balaban J connectivity index is 2.45. The molecule has 0 saturated carbocycles. The molecule has 84 valence electrons. The molecule has 2 rings (SSSR count). The van der Waals surface area contributed by atoms with Crippen LogP contribution in [0.25, 0.3) is 11.4 Å². The molecule has 16 heavy (non-hydrogen) atoms. The number of rotatable bonds is 3. The molecule has 0 spiro atoms. The fraction of sp³-hybridized carbons (Fsp3) is 0.400. The van der Waals surface area contributed by atoms with E-state index in [-0.39, 0.29) is 5.95 Å². The predicted molar refractivity (Wildman–Crippen MR) is 60.5 cm³/mol. The first-order valence-corrected chi connectivity index (χ1v) is 5.20. The van der Waals surface area contributed by atoms with E-state index in [0.717, 1.165) is 30.0 Å². The first kappa shape index (κ1) is 10.5. The molecule has 0 aliphatic rings. The highest BCUT2D eigenvalue weighted by molar-refractivity contribution is 5.54. The van der Waals surface area contributed by atoms with Crippen molar-refractivity contribution in [2.24, 2.45) is 0 Å². The molecule has 6 nitrogen and oxygen atoms in total. The number of hydrogen-bond donors (Lipinski definition) is 1. The van der Waals surface area contributed by atoms with Crippen molar-refractivity contribution in [3.63, 3.8) is 0 Å². The van der Waals surface area contributed by atoms with Gasteiger partial charge in [-0.1, -0.05) is 12.1 Å². The lowest BCUT2D eigenvalue weighted by atomic mass is 10.2. The Bertz CT molecular complexity index is 470. The van der Waals surface area contributed by atoms with Gasteiger partial charge in [0.05, 0.1) is 11.9 Å².